The maximum Gasteiger partial charge on any atom is 0.231 e. The molecule has 0 aliphatic rings. The van der Waals surface area contributed by atoms with E-state index in [1.807, 2.05) is 97.1 Å². The Hall–Kier alpha value is -6.92. The fourth-order valence-corrected chi connectivity index (χ4v) is 6.79. The van der Waals surface area contributed by atoms with Gasteiger partial charge < -0.3 is 8.83 Å². The van der Waals surface area contributed by atoms with Crippen LogP contribution in [0.25, 0.3) is 101 Å². The van der Waals surface area contributed by atoms with Crippen molar-refractivity contribution < 1.29 is 8.83 Å². The Bertz CT molecular complexity index is 2680. The summed E-state index contributed by atoms with van der Waals surface area (Å²) in [6.07, 6.45) is 0. The minimum atomic E-state index is 0.565. The van der Waals surface area contributed by atoms with Gasteiger partial charge in [-0.3, -0.25) is 0 Å². The second-order valence-corrected chi connectivity index (χ2v) is 12.2. The van der Waals surface area contributed by atoms with Gasteiger partial charge in [0.25, 0.3) is 0 Å². The number of benzene rings is 6. The average Bonchev–Trinajstić information content (AvgIpc) is 3.76. The zero-order valence-electron chi connectivity index (χ0n) is 26.6. The molecule has 0 spiro atoms. The van der Waals surface area contributed by atoms with Gasteiger partial charge in [-0.05, 0) is 35.4 Å². The number of aromatic nitrogens is 4. The van der Waals surface area contributed by atoms with Gasteiger partial charge in [-0.25, -0.2) is 9.97 Å². The standard InChI is InChI=1S/C44H26N4O2/c1-3-13-27(14-4-1)39-37-33-21-7-9-23-35(33)49-43(37)47-41(45-39)31-19-11-17-29(25-31)30-18-12-20-32(26-30)42-46-40(28-15-5-2-6-16-28)38-34-22-8-10-24-36(34)50-44(38)48-42/h1-26H. The first kappa shape index (κ1) is 28.1. The van der Waals surface area contributed by atoms with E-state index < -0.39 is 0 Å². The maximum atomic E-state index is 6.27. The minimum absolute atomic E-state index is 0.565. The van der Waals surface area contributed by atoms with Crippen LogP contribution in [0.2, 0.25) is 0 Å². The molecule has 50 heavy (non-hydrogen) atoms. The Labute approximate surface area is 286 Å². The quantitative estimate of drug-likeness (QED) is 0.186. The second-order valence-electron chi connectivity index (χ2n) is 12.2. The molecule has 0 saturated heterocycles. The summed E-state index contributed by atoms with van der Waals surface area (Å²) in [5, 5.41) is 3.82. The van der Waals surface area contributed by atoms with Crippen LogP contribution in [-0.2, 0) is 0 Å². The van der Waals surface area contributed by atoms with Crippen molar-refractivity contribution >= 4 is 44.1 Å². The van der Waals surface area contributed by atoms with E-state index in [9.17, 15) is 0 Å². The smallest absolute Gasteiger partial charge is 0.231 e. The lowest BCUT2D eigenvalue weighted by atomic mass is 10.00. The molecule has 6 heteroatoms. The number of para-hydroxylation sites is 2. The van der Waals surface area contributed by atoms with Crippen molar-refractivity contribution in [1.82, 2.24) is 19.9 Å². The van der Waals surface area contributed by atoms with E-state index in [4.69, 9.17) is 28.8 Å². The first-order chi connectivity index (χ1) is 24.8. The zero-order chi connectivity index (χ0) is 33.0. The molecule has 0 unspecified atom stereocenters. The summed E-state index contributed by atoms with van der Waals surface area (Å²) in [7, 11) is 0. The van der Waals surface area contributed by atoms with Gasteiger partial charge in [0.1, 0.15) is 11.2 Å². The molecule has 10 aromatic rings. The monoisotopic (exact) mass is 642 g/mol. The molecule has 6 aromatic carbocycles. The van der Waals surface area contributed by atoms with E-state index in [0.717, 1.165) is 77.5 Å². The van der Waals surface area contributed by atoms with E-state index >= 15 is 0 Å². The summed E-state index contributed by atoms with van der Waals surface area (Å²) < 4.78 is 12.5. The van der Waals surface area contributed by atoms with Crippen molar-refractivity contribution in [3.05, 3.63) is 158 Å². The van der Waals surface area contributed by atoms with Gasteiger partial charge in [0.15, 0.2) is 11.6 Å². The highest BCUT2D eigenvalue weighted by Crippen LogP contribution is 2.38. The molecule has 0 aliphatic carbocycles. The highest BCUT2D eigenvalue weighted by Gasteiger charge is 2.20. The molecule has 0 amide bonds. The molecule has 0 N–H and O–H groups in total. The Kier molecular flexibility index (Phi) is 6.39. The Morgan fingerprint density at radius 1 is 0.320 bits per heavy atom. The van der Waals surface area contributed by atoms with Crippen molar-refractivity contribution in [2.75, 3.05) is 0 Å². The van der Waals surface area contributed by atoms with Crippen LogP contribution in [0.1, 0.15) is 0 Å². The van der Waals surface area contributed by atoms with Crippen LogP contribution in [0.4, 0.5) is 0 Å². The molecule has 0 aliphatic heterocycles. The third-order valence-electron chi connectivity index (χ3n) is 9.15. The van der Waals surface area contributed by atoms with E-state index in [0.29, 0.717) is 23.1 Å². The van der Waals surface area contributed by atoms with Crippen LogP contribution >= 0.6 is 0 Å². The van der Waals surface area contributed by atoms with Gasteiger partial charge in [-0.2, -0.15) is 9.97 Å². The lowest BCUT2D eigenvalue weighted by Gasteiger charge is -2.10. The van der Waals surface area contributed by atoms with Crippen LogP contribution in [-0.4, -0.2) is 19.9 Å². The molecule has 0 atom stereocenters. The summed E-state index contributed by atoms with van der Waals surface area (Å²) in [6.45, 7) is 0. The summed E-state index contributed by atoms with van der Waals surface area (Å²) in [5.74, 6) is 1.19. The number of rotatable bonds is 5. The van der Waals surface area contributed by atoms with Crippen molar-refractivity contribution in [2.45, 2.75) is 0 Å². The van der Waals surface area contributed by atoms with Crippen molar-refractivity contribution in [3.8, 4) is 56.4 Å². The second kappa shape index (κ2) is 11.4. The van der Waals surface area contributed by atoms with Crippen molar-refractivity contribution in [2.24, 2.45) is 0 Å². The van der Waals surface area contributed by atoms with Gasteiger partial charge in [-0.1, -0.05) is 133 Å². The number of fused-ring (bicyclic) bond motifs is 6. The minimum Gasteiger partial charge on any atom is -0.438 e. The third kappa shape index (κ3) is 4.65. The topological polar surface area (TPSA) is 77.8 Å². The highest BCUT2D eigenvalue weighted by atomic mass is 16.3. The Morgan fingerprint density at radius 2 is 0.700 bits per heavy atom. The van der Waals surface area contributed by atoms with Gasteiger partial charge in [0.05, 0.1) is 22.2 Å². The number of nitrogens with zero attached hydrogens (tertiary/aromatic N) is 4. The largest absolute Gasteiger partial charge is 0.438 e. The summed E-state index contributed by atoms with van der Waals surface area (Å²) in [5.41, 5.74) is 10.2. The van der Waals surface area contributed by atoms with Crippen LogP contribution in [0.15, 0.2) is 167 Å². The lowest BCUT2D eigenvalue weighted by molar-refractivity contribution is 0.653. The fourth-order valence-electron chi connectivity index (χ4n) is 6.79. The predicted octanol–water partition coefficient (Wildman–Crippen LogP) is 11.4. The summed E-state index contributed by atoms with van der Waals surface area (Å²) in [4.78, 5) is 20.2. The van der Waals surface area contributed by atoms with Crippen LogP contribution in [0.3, 0.4) is 0 Å². The maximum absolute atomic E-state index is 6.27. The summed E-state index contributed by atoms with van der Waals surface area (Å²) >= 11 is 0. The summed E-state index contributed by atoms with van der Waals surface area (Å²) in [6, 6.07) is 53.0. The van der Waals surface area contributed by atoms with Crippen molar-refractivity contribution in [3.63, 3.8) is 0 Å². The van der Waals surface area contributed by atoms with E-state index in [1.54, 1.807) is 0 Å². The molecule has 0 saturated carbocycles. The number of hydrogen-bond acceptors (Lipinski definition) is 6. The van der Waals surface area contributed by atoms with Crippen LogP contribution in [0, 0.1) is 0 Å². The third-order valence-corrected chi connectivity index (χ3v) is 9.15. The first-order valence-electron chi connectivity index (χ1n) is 16.5. The first-order valence-corrected chi connectivity index (χ1v) is 16.5. The number of hydrogen-bond donors (Lipinski definition) is 0. The van der Waals surface area contributed by atoms with E-state index in [-0.39, 0.29) is 0 Å². The fraction of sp³-hybridized carbons (Fsp3) is 0. The molecule has 10 rings (SSSR count). The van der Waals surface area contributed by atoms with Crippen LogP contribution < -0.4 is 0 Å². The van der Waals surface area contributed by atoms with Gasteiger partial charge >= 0.3 is 0 Å². The predicted molar refractivity (Wildman–Crippen MR) is 199 cm³/mol. The Balaban J connectivity index is 1.10. The number of furan rings is 2. The van der Waals surface area contributed by atoms with Gasteiger partial charge in [-0.15, -0.1) is 0 Å². The molecule has 4 heterocycles. The van der Waals surface area contributed by atoms with E-state index in [2.05, 4.69) is 60.7 Å². The molecule has 0 bridgehead atoms. The molecule has 0 fully saturated rings. The molecular weight excluding hydrogens is 617 g/mol. The molecular formula is C44H26N4O2. The molecule has 0 radical (unpaired) electrons. The lowest BCUT2D eigenvalue weighted by Crippen LogP contribution is -1.95. The SMILES string of the molecule is c1ccc(-c2nc(-c3cccc(-c4cccc(-c5nc(-c6ccccc6)c6c(n5)oc5ccccc56)c4)c3)nc3oc4ccccc4c23)cc1. The Morgan fingerprint density at radius 3 is 1.16 bits per heavy atom. The molecule has 6 nitrogen and oxygen atoms in total. The zero-order valence-corrected chi connectivity index (χ0v) is 26.6. The van der Waals surface area contributed by atoms with Crippen LogP contribution in [0.5, 0.6) is 0 Å². The van der Waals surface area contributed by atoms with Gasteiger partial charge in [0, 0.05) is 33.0 Å². The molecule has 234 valence electrons. The molecule has 4 aromatic heterocycles. The average molecular weight is 643 g/mol. The van der Waals surface area contributed by atoms with Crippen molar-refractivity contribution in [1.29, 1.82) is 0 Å². The highest BCUT2D eigenvalue weighted by molar-refractivity contribution is 6.11. The van der Waals surface area contributed by atoms with E-state index in [1.165, 1.54) is 0 Å². The normalized spacial score (nSPS) is 11.6. The van der Waals surface area contributed by atoms with Gasteiger partial charge in [0.2, 0.25) is 11.4 Å².